The molecule has 1 saturated carbocycles. The van der Waals surface area contributed by atoms with Crippen molar-refractivity contribution in [2.24, 2.45) is 0 Å². The molecule has 1 N–H and O–H groups in total. The third-order valence-electron chi connectivity index (χ3n) is 3.57. The van der Waals surface area contributed by atoms with Crippen LogP contribution < -0.4 is 5.32 Å². The molecule has 0 spiro atoms. The Bertz CT molecular complexity index is 512. The van der Waals surface area contributed by atoms with Gasteiger partial charge in [-0.3, -0.25) is 14.9 Å². The van der Waals surface area contributed by atoms with E-state index >= 15 is 0 Å². The third kappa shape index (κ3) is 2.77. The maximum atomic E-state index is 11.8. The minimum absolute atomic E-state index is 0. The minimum atomic E-state index is -0.263. The first-order valence-corrected chi connectivity index (χ1v) is 7.29. The molecule has 4 radical (unpaired) electrons. The third-order valence-corrected chi connectivity index (χ3v) is 4.97. The summed E-state index contributed by atoms with van der Waals surface area (Å²) in [4.78, 5) is 24.3. The van der Waals surface area contributed by atoms with Gasteiger partial charge in [-0.2, -0.15) is 0 Å². The number of nitrogens with one attached hydrogen (secondary N) is 1. The van der Waals surface area contributed by atoms with E-state index in [9.17, 15) is 9.59 Å². The van der Waals surface area contributed by atoms with Gasteiger partial charge in [0.2, 0.25) is 0 Å². The number of hydrogen-bond donors (Lipinski definition) is 1. The second-order valence-electron chi connectivity index (χ2n) is 4.84. The molecule has 98 valence electrons. The molecule has 1 fully saturated rings. The Balaban J connectivity index is 0.00000133. The lowest BCUT2D eigenvalue weighted by Crippen LogP contribution is -2.20. The summed E-state index contributed by atoms with van der Waals surface area (Å²) < 4.78 is 0. The molecule has 19 heavy (non-hydrogen) atoms. The molecule has 1 aliphatic heterocycles. The Hall–Kier alpha value is -1.07. The van der Waals surface area contributed by atoms with E-state index in [1.165, 1.54) is 32.1 Å². The fraction of sp³-hybridized carbons (Fsp3) is 0.429. The summed E-state index contributed by atoms with van der Waals surface area (Å²) in [6.07, 6.45) is 6.30. The van der Waals surface area contributed by atoms with Crippen LogP contribution in [0.25, 0.3) is 0 Å². The Kier molecular flexibility index (Phi) is 4.47. The van der Waals surface area contributed by atoms with E-state index in [1.807, 2.05) is 12.1 Å². The lowest BCUT2D eigenvalue weighted by atomic mass is 10.0. The number of benzene rings is 1. The van der Waals surface area contributed by atoms with Gasteiger partial charge in [0, 0.05) is 21.1 Å². The first-order chi connectivity index (χ1) is 8.75. The van der Waals surface area contributed by atoms with Crippen molar-refractivity contribution in [1.82, 2.24) is 5.32 Å². The smallest absolute Gasteiger partial charge is 0.260 e. The number of fused-ring (bicyclic) bond motifs is 1. The highest BCUT2D eigenvalue weighted by molar-refractivity contribution is 8.00. The maximum Gasteiger partial charge on any atom is 0.260 e. The average Bonchev–Trinajstić information content (AvgIpc) is 2.67. The van der Waals surface area contributed by atoms with Gasteiger partial charge in [-0.25, -0.2) is 0 Å². The zero-order chi connectivity index (χ0) is 12.5. The van der Waals surface area contributed by atoms with Gasteiger partial charge in [0.1, 0.15) is 0 Å². The zero-order valence-corrected chi connectivity index (χ0v) is 12.4. The molecule has 3 rings (SSSR count). The normalized spacial score (nSPS) is 18.7. The molecular formula is C14H15NO2SSi. The van der Waals surface area contributed by atoms with Crippen molar-refractivity contribution in [2.75, 3.05) is 0 Å². The molecular weight excluding hydrogens is 274 g/mol. The maximum absolute atomic E-state index is 11.8. The summed E-state index contributed by atoms with van der Waals surface area (Å²) in [5, 5.41) is 2.96. The van der Waals surface area contributed by atoms with Crippen LogP contribution in [-0.2, 0) is 0 Å². The fourth-order valence-electron chi connectivity index (χ4n) is 2.65. The number of thioether (sulfide) groups is 1. The van der Waals surface area contributed by atoms with Crippen LogP contribution in [0.1, 0.15) is 52.8 Å². The summed E-state index contributed by atoms with van der Waals surface area (Å²) in [7, 11) is 0. The Labute approximate surface area is 121 Å². The number of hydrogen-bond acceptors (Lipinski definition) is 3. The molecule has 0 saturated heterocycles. The molecule has 0 aromatic heterocycles. The van der Waals surface area contributed by atoms with Gasteiger partial charge < -0.3 is 0 Å². The van der Waals surface area contributed by atoms with Crippen molar-refractivity contribution in [3.05, 3.63) is 29.3 Å². The Morgan fingerprint density at radius 3 is 2.53 bits per heavy atom. The number of carbonyl (C=O) groups excluding carboxylic acids is 2. The van der Waals surface area contributed by atoms with Gasteiger partial charge in [0.25, 0.3) is 11.8 Å². The first kappa shape index (κ1) is 14.3. The van der Waals surface area contributed by atoms with Crippen LogP contribution in [0.5, 0.6) is 0 Å². The van der Waals surface area contributed by atoms with E-state index in [2.05, 4.69) is 5.32 Å². The standard InChI is InChI=1S/C14H15NO2S.Si/c16-13-10-7-4-8-11(12(10)14(17)15-13)18-9-5-2-1-3-6-9;/h4,7-9H,1-3,5-6H2,(H,15,16,17);. The van der Waals surface area contributed by atoms with E-state index in [0.717, 1.165) is 4.90 Å². The largest absolute Gasteiger partial charge is 0.288 e. The molecule has 0 bridgehead atoms. The summed E-state index contributed by atoms with van der Waals surface area (Å²) in [5.74, 6) is -0.505. The van der Waals surface area contributed by atoms with Gasteiger partial charge in [-0.05, 0) is 25.0 Å². The van der Waals surface area contributed by atoms with Crippen molar-refractivity contribution in [1.29, 1.82) is 0 Å². The van der Waals surface area contributed by atoms with Crippen molar-refractivity contribution in [2.45, 2.75) is 42.2 Å². The van der Waals surface area contributed by atoms with Gasteiger partial charge in [-0.15, -0.1) is 11.8 Å². The van der Waals surface area contributed by atoms with Crippen LogP contribution in [0.2, 0.25) is 0 Å². The van der Waals surface area contributed by atoms with Gasteiger partial charge in [0.15, 0.2) is 0 Å². The predicted molar refractivity (Wildman–Crippen MR) is 76.7 cm³/mol. The minimum Gasteiger partial charge on any atom is -0.288 e. The molecule has 1 aliphatic carbocycles. The molecule has 5 heteroatoms. The van der Waals surface area contributed by atoms with Crippen LogP contribution in [0, 0.1) is 0 Å². The first-order valence-electron chi connectivity index (χ1n) is 6.41. The Morgan fingerprint density at radius 1 is 1.05 bits per heavy atom. The average molecular weight is 289 g/mol. The SMILES string of the molecule is O=C1NC(=O)c2c(SC3CCCCC3)cccc21.[Si]. The summed E-state index contributed by atoms with van der Waals surface area (Å²) in [6.45, 7) is 0. The number of carbonyl (C=O) groups is 2. The molecule has 2 aliphatic rings. The molecule has 0 atom stereocenters. The molecule has 1 heterocycles. The van der Waals surface area contributed by atoms with Gasteiger partial charge in [-0.1, -0.05) is 25.3 Å². The molecule has 3 nitrogen and oxygen atoms in total. The van der Waals surface area contributed by atoms with Crippen molar-refractivity contribution in [3.63, 3.8) is 0 Å². The summed E-state index contributed by atoms with van der Waals surface area (Å²) in [5.41, 5.74) is 1.11. The second kappa shape index (κ2) is 5.92. The molecule has 1 aromatic rings. The summed E-state index contributed by atoms with van der Waals surface area (Å²) in [6, 6.07) is 5.54. The number of rotatable bonds is 2. The van der Waals surface area contributed by atoms with E-state index in [1.54, 1.807) is 17.8 Å². The monoisotopic (exact) mass is 289 g/mol. The fourth-order valence-corrected chi connectivity index (χ4v) is 4.05. The van der Waals surface area contributed by atoms with E-state index in [4.69, 9.17) is 0 Å². The predicted octanol–water partition coefficient (Wildman–Crippen LogP) is 2.61. The lowest BCUT2D eigenvalue weighted by molar-refractivity contribution is 0.0879. The molecule has 1 aromatic carbocycles. The lowest BCUT2D eigenvalue weighted by Gasteiger charge is -2.21. The topological polar surface area (TPSA) is 46.2 Å². The molecule has 2 amide bonds. The van der Waals surface area contributed by atoms with E-state index in [-0.39, 0.29) is 22.8 Å². The van der Waals surface area contributed by atoms with Crippen LogP contribution in [0.15, 0.2) is 23.1 Å². The highest BCUT2D eigenvalue weighted by Crippen LogP contribution is 2.37. The van der Waals surface area contributed by atoms with Crippen molar-refractivity contribution >= 4 is 34.5 Å². The van der Waals surface area contributed by atoms with Crippen LogP contribution >= 0.6 is 11.8 Å². The van der Waals surface area contributed by atoms with Crippen LogP contribution in [0.4, 0.5) is 0 Å². The number of imide groups is 1. The summed E-state index contributed by atoms with van der Waals surface area (Å²) >= 11 is 1.76. The van der Waals surface area contributed by atoms with E-state index < -0.39 is 0 Å². The van der Waals surface area contributed by atoms with Crippen LogP contribution in [0.3, 0.4) is 0 Å². The Morgan fingerprint density at radius 2 is 1.79 bits per heavy atom. The molecule has 0 unspecified atom stereocenters. The highest BCUT2D eigenvalue weighted by atomic mass is 32.2. The van der Waals surface area contributed by atoms with Gasteiger partial charge in [0.05, 0.1) is 11.1 Å². The van der Waals surface area contributed by atoms with Crippen molar-refractivity contribution < 1.29 is 9.59 Å². The zero-order valence-electron chi connectivity index (χ0n) is 10.6. The number of amides is 2. The quantitative estimate of drug-likeness (QED) is 0.672. The van der Waals surface area contributed by atoms with Crippen molar-refractivity contribution in [3.8, 4) is 0 Å². The van der Waals surface area contributed by atoms with E-state index in [0.29, 0.717) is 16.4 Å². The second-order valence-corrected chi connectivity index (χ2v) is 6.18. The van der Waals surface area contributed by atoms with Crippen LogP contribution in [-0.4, -0.2) is 28.0 Å². The van der Waals surface area contributed by atoms with Gasteiger partial charge >= 0.3 is 0 Å². The highest BCUT2D eigenvalue weighted by Gasteiger charge is 2.30.